The number of aromatic nitrogens is 2. The highest BCUT2D eigenvalue weighted by atomic mass is 35.5. The van der Waals surface area contributed by atoms with Gasteiger partial charge >= 0.3 is 0 Å². The average Bonchev–Trinajstić information content (AvgIpc) is 2.67. The molecular formula is C14H14ClFN4. The summed E-state index contributed by atoms with van der Waals surface area (Å²) >= 11 is 6.23. The second-order valence-electron chi connectivity index (χ2n) is 4.65. The number of rotatable bonds is 2. The van der Waals surface area contributed by atoms with Crippen LogP contribution in [0.5, 0.6) is 0 Å². The first-order valence-corrected chi connectivity index (χ1v) is 6.89. The van der Waals surface area contributed by atoms with Crippen molar-refractivity contribution in [3.63, 3.8) is 0 Å². The summed E-state index contributed by atoms with van der Waals surface area (Å²) in [6.07, 6.45) is 1.67. The van der Waals surface area contributed by atoms with Gasteiger partial charge < -0.3 is 10.6 Å². The summed E-state index contributed by atoms with van der Waals surface area (Å²) in [7, 11) is 0. The lowest BCUT2D eigenvalue weighted by Gasteiger charge is -2.10. The zero-order chi connectivity index (χ0) is 13.9. The van der Waals surface area contributed by atoms with Gasteiger partial charge in [-0.3, -0.25) is 0 Å². The maximum Gasteiger partial charge on any atom is 0.228 e. The molecule has 0 radical (unpaired) electrons. The van der Waals surface area contributed by atoms with Crippen LogP contribution in [0.15, 0.2) is 24.3 Å². The summed E-state index contributed by atoms with van der Waals surface area (Å²) in [5.41, 5.74) is 2.72. The molecule has 0 saturated heterocycles. The zero-order valence-electron chi connectivity index (χ0n) is 10.8. The molecule has 0 bridgehead atoms. The fourth-order valence-electron chi connectivity index (χ4n) is 2.22. The van der Waals surface area contributed by atoms with Gasteiger partial charge in [-0.1, -0.05) is 11.6 Å². The summed E-state index contributed by atoms with van der Waals surface area (Å²) in [6.45, 7) is 1.77. The Morgan fingerprint density at radius 2 is 1.85 bits per heavy atom. The molecule has 1 aliphatic heterocycles. The number of nitrogens with zero attached hydrogens (tertiary/aromatic N) is 2. The van der Waals surface area contributed by atoms with Crippen molar-refractivity contribution >= 4 is 23.2 Å². The van der Waals surface area contributed by atoms with E-state index in [0.29, 0.717) is 11.1 Å². The molecule has 6 heteroatoms. The minimum Gasteiger partial charge on any atom is -0.324 e. The molecule has 1 aliphatic rings. The third kappa shape index (κ3) is 2.89. The molecule has 1 aromatic carbocycles. The van der Waals surface area contributed by atoms with E-state index >= 15 is 0 Å². The first-order chi connectivity index (χ1) is 9.72. The molecule has 4 nitrogen and oxygen atoms in total. The molecule has 1 aromatic heterocycles. The molecule has 0 saturated carbocycles. The minimum absolute atomic E-state index is 0.275. The van der Waals surface area contributed by atoms with E-state index in [4.69, 9.17) is 11.6 Å². The van der Waals surface area contributed by atoms with Gasteiger partial charge in [0.2, 0.25) is 5.95 Å². The molecule has 0 spiro atoms. The number of nitrogens with one attached hydrogen (secondary N) is 2. The first kappa shape index (κ1) is 13.3. The van der Waals surface area contributed by atoms with Gasteiger partial charge in [-0.15, -0.1) is 0 Å². The number of fused-ring (bicyclic) bond motifs is 1. The molecule has 0 atom stereocenters. The number of halogens is 2. The van der Waals surface area contributed by atoms with Crippen molar-refractivity contribution in [3.8, 4) is 0 Å². The highest BCUT2D eigenvalue weighted by molar-refractivity contribution is 6.30. The molecule has 0 aliphatic carbocycles. The normalized spacial score (nSPS) is 14.5. The maximum atomic E-state index is 12.9. The van der Waals surface area contributed by atoms with Gasteiger partial charge in [0.1, 0.15) is 11.0 Å². The van der Waals surface area contributed by atoms with Crippen LogP contribution in [-0.4, -0.2) is 23.1 Å². The van der Waals surface area contributed by atoms with E-state index in [1.165, 1.54) is 12.1 Å². The van der Waals surface area contributed by atoms with Crippen molar-refractivity contribution in [2.45, 2.75) is 12.8 Å². The fraction of sp³-hybridized carbons (Fsp3) is 0.286. The molecule has 3 rings (SSSR count). The lowest BCUT2D eigenvalue weighted by atomic mass is 10.1. The van der Waals surface area contributed by atoms with Crippen LogP contribution in [0.4, 0.5) is 16.0 Å². The van der Waals surface area contributed by atoms with Crippen LogP contribution in [0.25, 0.3) is 0 Å². The Bertz CT molecular complexity index is 615. The van der Waals surface area contributed by atoms with E-state index < -0.39 is 0 Å². The van der Waals surface area contributed by atoms with Crippen molar-refractivity contribution in [1.29, 1.82) is 0 Å². The summed E-state index contributed by atoms with van der Waals surface area (Å²) in [4.78, 5) is 8.78. The number of hydrogen-bond acceptors (Lipinski definition) is 4. The van der Waals surface area contributed by atoms with Crippen LogP contribution in [0, 0.1) is 5.82 Å². The van der Waals surface area contributed by atoms with Crippen LogP contribution in [0.2, 0.25) is 5.15 Å². The molecular weight excluding hydrogens is 279 g/mol. The predicted octanol–water partition coefficient (Wildman–Crippen LogP) is 2.70. The third-order valence-corrected chi connectivity index (χ3v) is 3.55. The van der Waals surface area contributed by atoms with Crippen molar-refractivity contribution in [2.24, 2.45) is 0 Å². The van der Waals surface area contributed by atoms with E-state index in [0.717, 1.165) is 42.9 Å². The molecule has 2 aromatic rings. The van der Waals surface area contributed by atoms with Crippen molar-refractivity contribution < 1.29 is 4.39 Å². The quantitative estimate of drug-likeness (QED) is 0.836. The monoisotopic (exact) mass is 292 g/mol. The van der Waals surface area contributed by atoms with Crippen molar-refractivity contribution in [1.82, 2.24) is 15.3 Å². The summed E-state index contributed by atoms with van der Waals surface area (Å²) in [5, 5.41) is 6.85. The smallest absolute Gasteiger partial charge is 0.228 e. The predicted molar refractivity (Wildman–Crippen MR) is 77.0 cm³/mol. The molecule has 0 unspecified atom stereocenters. The molecule has 20 heavy (non-hydrogen) atoms. The number of benzene rings is 1. The Morgan fingerprint density at radius 1 is 1.10 bits per heavy atom. The van der Waals surface area contributed by atoms with Gasteiger partial charge in [0, 0.05) is 24.2 Å². The lowest BCUT2D eigenvalue weighted by molar-refractivity contribution is 0.628. The Balaban J connectivity index is 1.89. The van der Waals surface area contributed by atoms with Gasteiger partial charge in [-0.25, -0.2) is 14.4 Å². The van der Waals surface area contributed by atoms with Gasteiger partial charge in [0.05, 0.1) is 5.69 Å². The molecule has 0 fully saturated rings. The average molecular weight is 293 g/mol. The Morgan fingerprint density at radius 3 is 2.65 bits per heavy atom. The Kier molecular flexibility index (Phi) is 3.80. The molecule has 2 N–H and O–H groups in total. The SMILES string of the molecule is Fc1ccc(Nc2nc(Cl)c3c(n2)CCNCC3)cc1. The Hall–Kier alpha value is -1.72. The topological polar surface area (TPSA) is 49.8 Å². The van der Waals surface area contributed by atoms with Gasteiger partial charge in [-0.05, 0) is 37.2 Å². The van der Waals surface area contributed by atoms with Crippen molar-refractivity contribution in [3.05, 3.63) is 46.5 Å². The molecule has 104 valence electrons. The van der Waals surface area contributed by atoms with E-state index in [2.05, 4.69) is 20.6 Å². The third-order valence-electron chi connectivity index (χ3n) is 3.23. The lowest BCUT2D eigenvalue weighted by Crippen LogP contribution is -2.16. The Labute approximate surface area is 121 Å². The second kappa shape index (κ2) is 5.73. The van der Waals surface area contributed by atoms with Gasteiger partial charge in [-0.2, -0.15) is 0 Å². The summed E-state index contributed by atoms with van der Waals surface area (Å²) < 4.78 is 12.9. The van der Waals surface area contributed by atoms with Crippen molar-refractivity contribution in [2.75, 3.05) is 18.4 Å². The van der Waals surface area contributed by atoms with E-state index in [9.17, 15) is 4.39 Å². The number of anilines is 2. The first-order valence-electron chi connectivity index (χ1n) is 6.51. The second-order valence-corrected chi connectivity index (χ2v) is 5.00. The van der Waals surface area contributed by atoms with Crippen LogP contribution in [0.1, 0.15) is 11.3 Å². The standard InChI is InChI=1S/C14H14ClFN4/c15-13-11-5-7-17-8-6-12(11)19-14(20-13)18-10-3-1-9(16)2-4-10/h1-4,17H,5-8H2,(H,18,19,20). The highest BCUT2D eigenvalue weighted by Crippen LogP contribution is 2.23. The molecule has 2 heterocycles. The fourth-order valence-corrected chi connectivity index (χ4v) is 2.50. The number of hydrogen-bond donors (Lipinski definition) is 2. The van der Waals surface area contributed by atoms with Gasteiger partial charge in [0.25, 0.3) is 0 Å². The van der Waals surface area contributed by atoms with Crippen LogP contribution < -0.4 is 10.6 Å². The minimum atomic E-state index is -0.275. The van der Waals surface area contributed by atoms with E-state index in [-0.39, 0.29) is 5.82 Å². The van der Waals surface area contributed by atoms with Gasteiger partial charge in [0.15, 0.2) is 0 Å². The van der Waals surface area contributed by atoms with E-state index in [1.54, 1.807) is 12.1 Å². The summed E-state index contributed by atoms with van der Waals surface area (Å²) in [5.74, 6) is 0.171. The zero-order valence-corrected chi connectivity index (χ0v) is 11.5. The van der Waals surface area contributed by atoms with Crippen LogP contribution >= 0.6 is 11.6 Å². The van der Waals surface area contributed by atoms with Crippen LogP contribution in [-0.2, 0) is 12.8 Å². The van der Waals surface area contributed by atoms with E-state index in [1.807, 2.05) is 0 Å². The largest absolute Gasteiger partial charge is 0.324 e. The summed E-state index contributed by atoms with van der Waals surface area (Å²) in [6, 6.07) is 6.05. The van der Waals surface area contributed by atoms with Crippen LogP contribution in [0.3, 0.4) is 0 Å². The molecule has 0 amide bonds. The highest BCUT2D eigenvalue weighted by Gasteiger charge is 2.15. The maximum absolute atomic E-state index is 12.9.